The van der Waals surface area contributed by atoms with Crippen LogP contribution in [0.1, 0.15) is 109 Å². The first-order chi connectivity index (χ1) is 12.1. The fraction of sp³-hybridized carbons (Fsp3) is 0.900. The molecule has 25 heavy (non-hydrogen) atoms. The highest BCUT2D eigenvalue weighted by atomic mass is 32.2. The smallest absolute Gasteiger partial charge is 0.125 e. The number of hydrogen-bond donors (Lipinski definition) is 2. The molecule has 0 spiro atoms. The second-order valence-corrected chi connectivity index (χ2v) is 9.80. The minimum atomic E-state index is -0.0643. The molecule has 0 N–H and O–H groups in total. The summed E-state index contributed by atoms with van der Waals surface area (Å²) in [4.78, 5) is 0. The number of nitrogens with zero attached hydrogens (tertiary/aromatic N) is 2. The Hall–Kier alpha value is 0.260. The van der Waals surface area contributed by atoms with E-state index >= 15 is 0 Å². The van der Waals surface area contributed by atoms with Gasteiger partial charge < -0.3 is 0 Å². The minimum absolute atomic E-state index is 0.0118. The van der Waals surface area contributed by atoms with Crippen LogP contribution in [0.25, 0.3) is 0 Å². The van der Waals surface area contributed by atoms with Crippen LogP contribution in [-0.2, 0) is 5.41 Å². The summed E-state index contributed by atoms with van der Waals surface area (Å²) in [5.41, 5.74) is 1.74. The van der Waals surface area contributed by atoms with Crippen molar-refractivity contribution in [2.45, 2.75) is 114 Å². The van der Waals surface area contributed by atoms with E-state index in [1.807, 2.05) is 0 Å². The number of hydrogen-bond acceptors (Lipinski definition) is 5. The lowest BCUT2D eigenvalue weighted by Crippen LogP contribution is -2.29. The van der Waals surface area contributed by atoms with Gasteiger partial charge in [0.2, 0.25) is 0 Å². The molecule has 0 radical (unpaired) electrons. The van der Waals surface area contributed by atoms with Crippen molar-refractivity contribution in [1.29, 1.82) is 0 Å². The number of rotatable bonds is 16. The summed E-state index contributed by atoms with van der Waals surface area (Å²) in [6, 6.07) is 0. The van der Waals surface area contributed by atoms with E-state index in [4.69, 9.17) is 0 Å². The molecule has 1 rings (SSSR count). The topological polar surface area (TPSA) is 25.8 Å². The quantitative estimate of drug-likeness (QED) is 0.170. The van der Waals surface area contributed by atoms with Crippen molar-refractivity contribution in [3.05, 3.63) is 10.5 Å². The Labute approximate surface area is 170 Å². The van der Waals surface area contributed by atoms with E-state index in [1.54, 1.807) is 16.8 Å². The Morgan fingerprint density at radius 2 is 1.36 bits per heavy atom. The maximum Gasteiger partial charge on any atom is 0.125 e. The molecule has 5 heteroatoms. The molecule has 1 unspecified atom stereocenters. The molecule has 0 aliphatic rings. The SMILES string of the molecule is CCCCCCCCCCCCCCCC(C)(c1nncs1)C(S)S. The molecule has 146 valence electrons. The Bertz CT molecular complexity index is 409. The predicted octanol–water partition coefficient (Wildman–Crippen LogP) is 7.46. The molecule has 2 nitrogen and oxygen atoms in total. The van der Waals surface area contributed by atoms with Gasteiger partial charge in [-0.25, -0.2) is 0 Å². The van der Waals surface area contributed by atoms with Crippen LogP contribution in [0.2, 0.25) is 0 Å². The summed E-state index contributed by atoms with van der Waals surface area (Å²) in [6.45, 7) is 4.50. The molecule has 0 saturated carbocycles. The molecule has 0 bridgehead atoms. The highest BCUT2D eigenvalue weighted by Gasteiger charge is 2.34. The van der Waals surface area contributed by atoms with Crippen molar-refractivity contribution >= 4 is 36.6 Å². The van der Waals surface area contributed by atoms with Crippen LogP contribution < -0.4 is 0 Å². The van der Waals surface area contributed by atoms with E-state index in [9.17, 15) is 0 Å². The van der Waals surface area contributed by atoms with E-state index < -0.39 is 0 Å². The Morgan fingerprint density at radius 3 is 1.76 bits per heavy atom. The second-order valence-electron chi connectivity index (χ2n) is 7.53. The predicted molar refractivity (Wildman–Crippen MR) is 119 cm³/mol. The Balaban J connectivity index is 1.99. The largest absolute Gasteiger partial charge is 0.164 e. The van der Waals surface area contributed by atoms with Gasteiger partial charge in [0, 0.05) is 5.41 Å². The highest BCUT2D eigenvalue weighted by molar-refractivity contribution is 7.99. The van der Waals surface area contributed by atoms with Crippen LogP contribution in [0.5, 0.6) is 0 Å². The Kier molecular flexibility index (Phi) is 13.4. The fourth-order valence-electron chi connectivity index (χ4n) is 3.28. The van der Waals surface area contributed by atoms with Crippen molar-refractivity contribution < 1.29 is 0 Å². The molecule has 0 amide bonds. The molecular formula is C20H38N2S3. The monoisotopic (exact) mass is 402 g/mol. The van der Waals surface area contributed by atoms with Crippen molar-refractivity contribution in [1.82, 2.24) is 10.2 Å². The third-order valence-electron chi connectivity index (χ3n) is 5.22. The molecule has 1 atom stereocenters. The van der Waals surface area contributed by atoms with Gasteiger partial charge in [0.05, 0.1) is 4.58 Å². The molecule has 0 aliphatic heterocycles. The lowest BCUT2D eigenvalue weighted by atomic mass is 9.87. The van der Waals surface area contributed by atoms with Gasteiger partial charge in [-0.05, 0) is 6.42 Å². The van der Waals surface area contributed by atoms with E-state index in [0.717, 1.165) is 11.4 Å². The number of aromatic nitrogens is 2. The van der Waals surface area contributed by atoms with Crippen LogP contribution in [0, 0.1) is 0 Å². The van der Waals surface area contributed by atoms with Crippen LogP contribution in [-0.4, -0.2) is 14.8 Å². The van der Waals surface area contributed by atoms with Crippen LogP contribution >= 0.6 is 36.6 Å². The van der Waals surface area contributed by atoms with E-state index in [1.165, 1.54) is 83.5 Å². The zero-order chi connectivity index (χ0) is 18.4. The first-order valence-corrected chi connectivity index (χ1v) is 12.1. The van der Waals surface area contributed by atoms with Crippen LogP contribution in [0.3, 0.4) is 0 Å². The summed E-state index contributed by atoms with van der Waals surface area (Å²) in [6.07, 6.45) is 19.2. The maximum atomic E-state index is 4.59. The molecule has 0 aromatic carbocycles. The Morgan fingerprint density at radius 1 is 0.880 bits per heavy atom. The van der Waals surface area contributed by atoms with Crippen molar-refractivity contribution in [3.8, 4) is 0 Å². The van der Waals surface area contributed by atoms with Crippen molar-refractivity contribution in [2.75, 3.05) is 0 Å². The van der Waals surface area contributed by atoms with Gasteiger partial charge in [0.15, 0.2) is 0 Å². The summed E-state index contributed by atoms with van der Waals surface area (Å²) in [5, 5.41) is 9.32. The third-order valence-corrected chi connectivity index (χ3v) is 7.33. The average Bonchev–Trinajstić information content (AvgIpc) is 3.13. The third kappa shape index (κ3) is 9.67. The lowest BCUT2D eigenvalue weighted by molar-refractivity contribution is 0.432. The van der Waals surface area contributed by atoms with E-state index in [2.05, 4.69) is 49.3 Å². The zero-order valence-corrected chi connectivity index (χ0v) is 18.9. The van der Waals surface area contributed by atoms with Gasteiger partial charge in [0.1, 0.15) is 10.5 Å². The van der Waals surface area contributed by atoms with E-state index in [-0.39, 0.29) is 10.00 Å². The summed E-state index contributed by atoms with van der Waals surface area (Å²) in [5.74, 6) is 0. The van der Waals surface area contributed by atoms with Crippen molar-refractivity contribution in [2.24, 2.45) is 0 Å². The standard InChI is InChI=1S/C20H38N2S3/c1-3-4-5-6-7-8-9-10-11-12-13-14-15-16-20(2,19(23)24)18-22-21-17-25-18/h17,19,23-24H,3-16H2,1-2H3. The fourth-order valence-corrected chi connectivity index (χ4v) is 4.73. The average molecular weight is 403 g/mol. The molecule has 1 aromatic heterocycles. The maximum absolute atomic E-state index is 4.59. The molecule has 1 aromatic rings. The first-order valence-electron chi connectivity index (χ1n) is 10.2. The van der Waals surface area contributed by atoms with Gasteiger partial charge in [-0.1, -0.05) is 97.3 Å². The number of thiol groups is 2. The van der Waals surface area contributed by atoms with Crippen molar-refractivity contribution in [3.63, 3.8) is 0 Å². The normalized spacial score (nSPS) is 14.1. The molecular weight excluding hydrogens is 364 g/mol. The van der Waals surface area contributed by atoms with Crippen LogP contribution in [0.4, 0.5) is 0 Å². The molecule has 0 fully saturated rings. The van der Waals surface area contributed by atoms with E-state index in [0.29, 0.717) is 0 Å². The lowest BCUT2D eigenvalue weighted by Gasteiger charge is -2.29. The summed E-state index contributed by atoms with van der Waals surface area (Å²) >= 11 is 10.8. The highest BCUT2D eigenvalue weighted by Crippen LogP contribution is 2.38. The van der Waals surface area contributed by atoms with Gasteiger partial charge in [-0.2, -0.15) is 25.3 Å². The van der Waals surface area contributed by atoms with Gasteiger partial charge in [-0.3, -0.25) is 0 Å². The zero-order valence-electron chi connectivity index (χ0n) is 16.3. The van der Waals surface area contributed by atoms with Crippen LogP contribution in [0.15, 0.2) is 5.51 Å². The summed E-state index contributed by atoms with van der Waals surface area (Å²) in [7, 11) is 0. The van der Waals surface area contributed by atoms with Gasteiger partial charge >= 0.3 is 0 Å². The molecule has 0 saturated heterocycles. The molecule has 1 heterocycles. The van der Waals surface area contributed by atoms with Gasteiger partial charge in [-0.15, -0.1) is 21.5 Å². The minimum Gasteiger partial charge on any atom is -0.164 e. The second kappa shape index (κ2) is 14.3. The summed E-state index contributed by atoms with van der Waals surface area (Å²) < 4.78 is 0.0118. The molecule has 0 aliphatic carbocycles. The van der Waals surface area contributed by atoms with Gasteiger partial charge in [0.25, 0.3) is 0 Å². The number of unbranched alkanes of at least 4 members (excludes halogenated alkanes) is 12. The first kappa shape index (κ1) is 23.3.